The third kappa shape index (κ3) is 3.25. The van der Waals surface area contributed by atoms with Gasteiger partial charge in [-0.1, -0.05) is 60.7 Å². The molecule has 0 aromatic heterocycles. The van der Waals surface area contributed by atoms with Gasteiger partial charge in [0.2, 0.25) is 0 Å². The van der Waals surface area contributed by atoms with E-state index < -0.39 is 23.0 Å². The van der Waals surface area contributed by atoms with Crippen molar-refractivity contribution < 1.29 is 19.6 Å². The Hall–Kier alpha value is -3.84. The average molecular weight is 402 g/mol. The number of hydrogen-bond acceptors (Lipinski definition) is 6. The predicted octanol–water partition coefficient (Wildman–Crippen LogP) is 3.69. The van der Waals surface area contributed by atoms with Gasteiger partial charge in [-0.3, -0.25) is 15.1 Å². The van der Waals surface area contributed by atoms with Gasteiger partial charge < -0.3 is 9.84 Å². The Labute approximate surface area is 172 Å². The highest BCUT2D eigenvalue weighted by molar-refractivity contribution is 6.24. The molecule has 0 spiro atoms. The number of fused-ring (bicyclic) bond motifs is 3. The van der Waals surface area contributed by atoms with Gasteiger partial charge in [0.15, 0.2) is 6.04 Å². The van der Waals surface area contributed by atoms with Gasteiger partial charge in [-0.2, -0.15) is 0 Å². The Kier molecular flexibility index (Phi) is 5.12. The quantitative estimate of drug-likeness (QED) is 0.312. The predicted molar refractivity (Wildman–Crippen MR) is 111 cm³/mol. The molecule has 4 rings (SSSR count). The molecule has 2 unspecified atom stereocenters. The van der Waals surface area contributed by atoms with Crippen molar-refractivity contribution in [2.45, 2.75) is 12.1 Å². The van der Waals surface area contributed by atoms with Gasteiger partial charge in [0.05, 0.1) is 23.3 Å². The molecule has 7 heteroatoms. The fourth-order valence-electron chi connectivity index (χ4n) is 3.72. The van der Waals surface area contributed by atoms with E-state index in [2.05, 4.69) is 4.99 Å². The number of aliphatic hydroxyl groups is 1. The van der Waals surface area contributed by atoms with Crippen LogP contribution in [0.5, 0.6) is 0 Å². The van der Waals surface area contributed by atoms with Crippen LogP contribution in [0.1, 0.15) is 22.8 Å². The lowest BCUT2D eigenvalue weighted by atomic mass is 10.00. The number of nitro groups is 1. The lowest BCUT2D eigenvalue weighted by Crippen LogP contribution is -2.29. The lowest BCUT2D eigenvalue weighted by Gasteiger charge is -2.19. The van der Waals surface area contributed by atoms with Crippen LogP contribution in [-0.2, 0) is 9.53 Å². The van der Waals surface area contributed by atoms with Crippen LogP contribution in [0.2, 0.25) is 0 Å². The standard InChI is InChI=1S/C23H18N2O5/c1-30-23(27)21(22(26)18-12-6-7-13-19(18)25(28)29)24-20-16-10-4-2-8-14(16)15-9-3-5-11-17(15)20/h2-13,21-22,26H,1H3. The molecule has 0 aliphatic heterocycles. The highest BCUT2D eigenvalue weighted by Gasteiger charge is 2.35. The second-order valence-corrected chi connectivity index (χ2v) is 6.80. The van der Waals surface area contributed by atoms with Crippen LogP contribution in [0.4, 0.5) is 5.69 Å². The van der Waals surface area contributed by atoms with Gasteiger partial charge in [0.25, 0.3) is 5.69 Å². The Morgan fingerprint density at radius 2 is 1.43 bits per heavy atom. The maximum atomic E-state index is 12.6. The number of benzene rings is 3. The normalized spacial score (nSPS) is 13.7. The molecule has 150 valence electrons. The number of para-hydroxylation sites is 1. The second-order valence-electron chi connectivity index (χ2n) is 6.80. The molecule has 0 amide bonds. The molecule has 0 fully saturated rings. The minimum absolute atomic E-state index is 0.00168. The van der Waals surface area contributed by atoms with Crippen molar-refractivity contribution in [3.8, 4) is 11.1 Å². The summed E-state index contributed by atoms with van der Waals surface area (Å²) in [5.41, 5.74) is 3.83. The number of aliphatic imine (C=N–C) groups is 1. The van der Waals surface area contributed by atoms with E-state index in [1.54, 1.807) is 6.07 Å². The van der Waals surface area contributed by atoms with Crippen molar-refractivity contribution in [1.29, 1.82) is 0 Å². The minimum atomic E-state index is -1.55. The van der Waals surface area contributed by atoms with E-state index in [0.29, 0.717) is 5.71 Å². The van der Waals surface area contributed by atoms with Crippen molar-refractivity contribution >= 4 is 17.4 Å². The number of carbonyl (C=O) groups is 1. The summed E-state index contributed by atoms with van der Waals surface area (Å²) in [5, 5.41) is 22.4. The van der Waals surface area contributed by atoms with Gasteiger partial charge in [0, 0.05) is 17.2 Å². The number of hydrogen-bond donors (Lipinski definition) is 1. The zero-order valence-electron chi connectivity index (χ0n) is 16.1. The summed E-state index contributed by atoms with van der Waals surface area (Å²) in [5.74, 6) is -0.782. The molecule has 0 bridgehead atoms. The molecule has 2 atom stereocenters. The number of aliphatic hydroxyl groups excluding tert-OH is 1. The number of rotatable bonds is 5. The molecule has 30 heavy (non-hydrogen) atoms. The van der Waals surface area contributed by atoms with Crippen LogP contribution in [0.3, 0.4) is 0 Å². The second kappa shape index (κ2) is 7.88. The Morgan fingerprint density at radius 3 is 1.97 bits per heavy atom. The third-order valence-corrected chi connectivity index (χ3v) is 5.12. The molecule has 1 N–H and O–H groups in total. The van der Waals surface area contributed by atoms with E-state index in [0.717, 1.165) is 22.3 Å². The highest BCUT2D eigenvalue weighted by atomic mass is 16.6. The summed E-state index contributed by atoms with van der Waals surface area (Å²) in [4.78, 5) is 27.9. The van der Waals surface area contributed by atoms with Crippen molar-refractivity contribution in [3.05, 3.63) is 99.6 Å². The van der Waals surface area contributed by atoms with Crippen LogP contribution in [0.15, 0.2) is 77.8 Å². The summed E-state index contributed by atoms with van der Waals surface area (Å²) < 4.78 is 4.87. The Balaban J connectivity index is 1.87. The molecular weight excluding hydrogens is 384 g/mol. The first kappa shape index (κ1) is 19.5. The number of ether oxygens (including phenoxy) is 1. The smallest absolute Gasteiger partial charge is 0.333 e. The molecule has 0 radical (unpaired) electrons. The zero-order valence-corrected chi connectivity index (χ0v) is 16.1. The van der Waals surface area contributed by atoms with Crippen LogP contribution >= 0.6 is 0 Å². The number of carbonyl (C=O) groups excluding carboxylic acids is 1. The van der Waals surface area contributed by atoms with E-state index in [4.69, 9.17) is 4.74 Å². The van der Waals surface area contributed by atoms with Crippen LogP contribution in [0.25, 0.3) is 11.1 Å². The molecule has 1 aliphatic carbocycles. The SMILES string of the molecule is COC(=O)C(N=C1c2ccccc2-c2ccccc21)C(O)c1ccccc1[N+](=O)[O-]. The first-order valence-corrected chi connectivity index (χ1v) is 9.29. The van der Waals surface area contributed by atoms with E-state index in [9.17, 15) is 20.0 Å². The molecule has 0 saturated heterocycles. The van der Waals surface area contributed by atoms with Gasteiger partial charge >= 0.3 is 5.97 Å². The average Bonchev–Trinajstić information content (AvgIpc) is 3.10. The molecular formula is C23H18N2O5. The first-order valence-electron chi connectivity index (χ1n) is 9.29. The van der Waals surface area contributed by atoms with Crippen molar-refractivity contribution in [1.82, 2.24) is 0 Å². The fraction of sp³-hybridized carbons (Fsp3) is 0.130. The molecule has 0 heterocycles. The maximum Gasteiger partial charge on any atom is 0.333 e. The van der Waals surface area contributed by atoms with E-state index in [1.165, 1.54) is 25.3 Å². The summed E-state index contributed by atoms with van der Waals surface area (Å²) in [6.45, 7) is 0. The third-order valence-electron chi connectivity index (χ3n) is 5.12. The summed E-state index contributed by atoms with van der Waals surface area (Å²) >= 11 is 0. The lowest BCUT2D eigenvalue weighted by molar-refractivity contribution is -0.386. The first-order chi connectivity index (χ1) is 14.5. The number of methoxy groups -OCH3 is 1. The van der Waals surface area contributed by atoms with Gasteiger partial charge in [-0.15, -0.1) is 0 Å². The molecule has 0 saturated carbocycles. The Bertz CT molecular complexity index is 1120. The van der Waals surface area contributed by atoms with Crippen molar-refractivity contribution in [2.24, 2.45) is 4.99 Å². The maximum absolute atomic E-state index is 12.6. The van der Waals surface area contributed by atoms with Gasteiger partial charge in [0.1, 0.15) is 6.10 Å². The topological polar surface area (TPSA) is 102 Å². The van der Waals surface area contributed by atoms with Gasteiger partial charge in [-0.05, 0) is 17.2 Å². The van der Waals surface area contributed by atoms with Crippen molar-refractivity contribution in [3.63, 3.8) is 0 Å². The molecule has 3 aromatic carbocycles. The van der Waals surface area contributed by atoms with Gasteiger partial charge in [-0.25, -0.2) is 4.79 Å². The molecule has 7 nitrogen and oxygen atoms in total. The van der Waals surface area contributed by atoms with E-state index >= 15 is 0 Å². The molecule has 1 aliphatic rings. The number of esters is 1. The van der Waals surface area contributed by atoms with Crippen LogP contribution < -0.4 is 0 Å². The molecule has 3 aromatic rings. The van der Waals surface area contributed by atoms with Crippen LogP contribution in [-0.4, -0.2) is 34.9 Å². The largest absolute Gasteiger partial charge is 0.467 e. The van der Waals surface area contributed by atoms with E-state index in [-0.39, 0.29) is 11.3 Å². The minimum Gasteiger partial charge on any atom is -0.467 e. The van der Waals surface area contributed by atoms with Crippen LogP contribution in [0, 0.1) is 10.1 Å². The summed E-state index contributed by atoms with van der Waals surface area (Å²) in [7, 11) is 1.19. The summed E-state index contributed by atoms with van der Waals surface area (Å²) in [6, 6.07) is 19.6. The van der Waals surface area contributed by atoms with E-state index in [1.807, 2.05) is 48.5 Å². The monoisotopic (exact) mass is 402 g/mol. The number of nitrogens with zero attached hydrogens (tertiary/aromatic N) is 2. The fourth-order valence-corrected chi connectivity index (χ4v) is 3.72. The zero-order chi connectivity index (χ0) is 21.3. The van der Waals surface area contributed by atoms with Crippen molar-refractivity contribution in [2.75, 3.05) is 7.11 Å². The highest BCUT2D eigenvalue weighted by Crippen LogP contribution is 2.38. The number of nitro benzene ring substituents is 1. The Morgan fingerprint density at radius 1 is 0.933 bits per heavy atom. The summed E-state index contributed by atoms with van der Waals surface area (Å²) in [6.07, 6.45) is -1.55.